The number of hydrogen-bond donors (Lipinski definition) is 0. The molecule has 84 valence electrons. The van der Waals surface area contributed by atoms with Crippen LogP contribution in [0.4, 0.5) is 0 Å². The summed E-state index contributed by atoms with van der Waals surface area (Å²) >= 11 is 5.61. The van der Waals surface area contributed by atoms with Gasteiger partial charge in [-0.3, -0.25) is 0 Å². The van der Waals surface area contributed by atoms with Crippen molar-refractivity contribution >= 4 is 22.5 Å². The minimum absolute atomic E-state index is 0.209. The van der Waals surface area contributed by atoms with E-state index in [1.807, 2.05) is 36.4 Å². The fourth-order valence-corrected chi connectivity index (χ4v) is 1.70. The lowest BCUT2D eigenvalue weighted by molar-refractivity contribution is 0.526. The lowest BCUT2D eigenvalue weighted by Gasteiger charge is -1.98. The van der Waals surface area contributed by atoms with Crippen molar-refractivity contribution in [1.29, 1.82) is 0 Å². The van der Waals surface area contributed by atoms with Crippen molar-refractivity contribution in [2.45, 2.75) is 5.88 Å². The Morgan fingerprint density at radius 3 is 2.76 bits per heavy atom. The van der Waals surface area contributed by atoms with E-state index >= 15 is 0 Å². The lowest BCUT2D eigenvalue weighted by Crippen LogP contribution is -1.84. The Bertz CT molecular complexity index is 665. The van der Waals surface area contributed by atoms with Crippen molar-refractivity contribution in [1.82, 2.24) is 15.2 Å². The molecule has 0 bridgehead atoms. The number of fused-ring (bicyclic) bond motifs is 1. The van der Waals surface area contributed by atoms with Gasteiger partial charge in [-0.05, 0) is 12.1 Å². The highest BCUT2D eigenvalue weighted by Gasteiger charge is 2.09. The fraction of sp³-hybridized carbons (Fsp3) is 0.0833. The van der Waals surface area contributed by atoms with E-state index in [1.165, 1.54) is 0 Å². The van der Waals surface area contributed by atoms with Gasteiger partial charge in [0.25, 0.3) is 5.89 Å². The van der Waals surface area contributed by atoms with Crippen LogP contribution in [0, 0.1) is 0 Å². The molecule has 4 nitrogen and oxygen atoms in total. The fourth-order valence-electron chi connectivity index (χ4n) is 1.60. The third-order valence-corrected chi connectivity index (χ3v) is 2.63. The third kappa shape index (κ3) is 1.87. The van der Waals surface area contributed by atoms with Crippen LogP contribution in [0.1, 0.15) is 5.89 Å². The Kier molecular flexibility index (Phi) is 2.49. The first kappa shape index (κ1) is 10.2. The lowest BCUT2D eigenvalue weighted by atomic mass is 10.2. The number of para-hydroxylation sites is 1. The predicted molar refractivity (Wildman–Crippen MR) is 64.6 cm³/mol. The Balaban J connectivity index is 2.11. The molecule has 0 aliphatic rings. The summed E-state index contributed by atoms with van der Waals surface area (Å²) in [6, 6.07) is 11.7. The van der Waals surface area contributed by atoms with Crippen molar-refractivity contribution in [3.05, 3.63) is 42.3 Å². The summed E-state index contributed by atoms with van der Waals surface area (Å²) in [4.78, 5) is 4.45. The van der Waals surface area contributed by atoms with Crippen molar-refractivity contribution in [3.63, 3.8) is 0 Å². The van der Waals surface area contributed by atoms with Crippen molar-refractivity contribution in [2.24, 2.45) is 0 Å². The first-order valence-electron chi connectivity index (χ1n) is 5.11. The average molecular weight is 246 g/mol. The van der Waals surface area contributed by atoms with E-state index < -0.39 is 0 Å². The summed E-state index contributed by atoms with van der Waals surface area (Å²) in [5.74, 6) is 1.00. The molecule has 2 heterocycles. The van der Waals surface area contributed by atoms with Crippen LogP contribution in [0.2, 0.25) is 0 Å². The zero-order valence-electron chi connectivity index (χ0n) is 8.80. The molecule has 0 aliphatic heterocycles. The molecular formula is C12H8ClN3O. The number of benzene rings is 1. The summed E-state index contributed by atoms with van der Waals surface area (Å²) in [6.07, 6.45) is 0. The van der Waals surface area contributed by atoms with E-state index in [1.54, 1.807) is 0 Å². The topological polar surface area (TPSA) is 51.8 Å². The number of pyridine rings is 1. The summed E-state index contributed by atoms with van der Waals surface area (Å²) in [5.41, 5.74) is 1.56. The highest BCUT2D eigenvalue weighted by Crippen LogP contribution is 2.20. The molecule has 2 aromatic heterocycles. The van der Waals surface area contributed by atoms with Gasteiger partial charge >= 0.3 is 0 Å². The highest BCUT2D eigenvalue weighted by atomic mass is 35.5. The minimum Gasteiger partial charge on any atom is -0.418 e. The second-order valence-corrected chi connectivity index (χ2v) is 3.79. The minimum atomic E-state index is 0.209. The molecule has 0 aliphatic carbocycles. The maximum absolute atomic E-state index is 5.61. The molecule has 0 saturated carbocycles. The summed E-state index contributed by atoms with van der Waals surface area (Å²) in [7, 11) is 0. The number of rotatable bonds is 2. The van der Waals surface area contributed by atoms with E-state index in [-0.39, 0.29) is 5.88 Å². The summed E-state index contributed by atoms with van der Waals surface area (Å²) in [5, 5.41) is 8.78. The number of halogens is 1. The smallest absolute Gasteiger partial charge is 0.266 e. The van der Waals surface area contributed by atoms with Gasteiger partial charge in [0.15, 0.2) is 0 Å². The van der Waals surface area contributed by atoms with E-state index in [0.29, 0.717) is 17.5 Å². The van der Waals surface area contributed by atoms with Crippen LogP contribution in [-0.2, 0) is 5.88 Å². The van der Waals surface area contributed by atoms with Gasteiger partial charge < -0.3 is 4.42 Å². The molecule has 5 heteroatoms. The molecule has 0 amide bonds. The zero-order chi connectivity index (χ0) is 11.7. The first-order valence-corrected chi connectivity index (χ1v) is 5.65. The monoisotopic (exact) mass is 245 g/mol. The van der Waals surface area contributed by atoms with Crippen LogP contribution in [0.5, 0.6) is 0 Å². The maximum Gasteiger partial charge on any atom is 0.266 e. The van der Waals surface area contributed by atoms with Crippen LogP contribution < -0.4 is 0 Å². The largest absolute Gasteiger partial charge is 0.418 e. The van der Waals surface area contributed by atoms with Gasteiger partial charge in [-0.25, -0.2) is 4.98 Å². The van der Waals surface area contributed by atoms with Crippen LogP contribution in [0.3, 0.4) is 0 Å². The normalized spacial score (nSPS) is 10.9. The third-order valence-electron chi connectivity index (χ3n) is 2.40. The quantitative estimate of drug-likeness (QED) is 0.651. The number of hydrogen-bond acceptors (Lipinski definition) is 4. The summed E-state index contributed by atoms with van der Waals surface area (Å²) in [6.45, 7) is 0. The number of aromatic nitrogens is 3. The van der Waals surface area contributed by atoms with Gasteiger partial charge in [0.05, 0.1) is 5.52 Å². The van der Waals surface area contributed by atoms with Crippen molar-refractivity contribution in [3.8, 4) is 11.6 Å². The van der Waals surface area contributed by atoms with Gasteiger partial charge in [0.1, 0.15) is 11.6 Å². The van der Waals surface area contributed by atoms with Crippen LogP contribution in [0.25, 0.3) is 22.5 Å². The van der Waals surface area contributed by atoms with Crippen LogP contribution >= 0.6 is 11.6 Å². The molecule has 0 saturated heterocycles. The van der Waals surface area contributed by atoms with Gasteiger partial charge in [0, 0.05) is 5.39 Å². The Hall–Kier alpha value is -1.94. The predicted octanol–water partition coefficient (Wildman–Crippen LogP) is 3.02. The Labute approximate surface area is 102 Å². The molecule has 0 unspecified atom stereocenters. The molecule has 0 N–H and O–H groups in total. The number of nitrogens with zero attached hydrogens (tertiary/aromatic N) is 3. The van der Waals surface area contributed by atoms with Gasteiger partial charge in [0.2, 0.25) is 5.89 Å². The van der Waals surface area contributed by atoms with E-state index in [2.05, 4.69) is 15.2 Å². The molecule has 0 radical (unpaired) electrons. The number of alkyl halides is 1. The first-order chi connectivity index (χ1) is 8.36. The summed E-state index contributed by atoms with van der Waals surface area (Å²) < 4.78 is 5.35. The van der Waals surface area contributed by atoms with Gasteiger partial charge in [-0.2, -0.15) is 0 Å². The maximum atomic E-state index is 5.61. The molecule has 17 heavy (non-hydrogen) atoms. The second kappa shape index (κ2) is 4.14. The SMILES string of the molecule is ClCc1nnc(-c2ccc3ccccc3n2)o1. The molecule has 0 spiro atoms. The van der Waals surface area contributed by atoms with E-state index in [0.717, 1.165) is 10.9 Å². The van der Waals surface area contributed by atoms with E-state index in [4.69, 9.17) is 16.0 Å². The molecular weight excluding hydrogens is 238 g/mol. The van der Waals surface area contributed by atoms with Crippen LogP contribution in [-0.4, -0.2) is 15.2 Å². The van der Waals surface area contributed by atoms with Crippen LogP contribution in [0.15, 0.2) is 40.8 Å². The molecule has 3 aromatic rings. The highest BCUT2D eigenvalue weighted by molar-refractivity contribution is 6.16. The molecule has 0 atom stereocenters. The Morgan fingerprint density at radius 1 is 1.06 bits per heavy atom. The second-order valence-electron chi connectivity index (χ2n) is 3.52. The van der Waals surface area contributed by atoms with Gasteiger partial charge in [-0.1, -0.05) is 24.3 Å². The average Bonchev–Trinajstić information content (AvgIpc) is 2.87. The van der Waals surface area contributed by atoms with Crippen molar-refractivity contribution < 1.29 is 4.42 Å². The van der Waals surface area contributed by atoms with Gasteiger partial charge in [-0.15, -0.1) is 21.8 Å². The molecule has 0 fully saturated rings. The Morgan fingerprint density at radius 2 is 1.94 bits per heavy atom. The van der Waals surface area contributed by atoms with E-state index in [9.17, 15) is 0 Å². The van der Waals surface area contributed by atoms with Crippen molar-refractivity contribution in [2.75, 3.05) is 0 Å². The standard InChI is InChI=1S/C12H8ClN3O/c13-7-11-15-16-12(17-11)10-6-5-8-3-1-2-4-9(8)14-10/h1-6H,7H2. The molecule has 1 aromatic carbocycles. The molecule has 3 rings (SSSR count). The zero-order valence-corrected chi connectivity index (χ0v) is 9.55.